The summed E-state index contributed by atoms with van der Waals surface area (Å²) in [7, 11) is 1.53. The Morgan fingerprint density at radius 3 is 2.79 bits per heavy atom. The third-order valence-electron chi connectivity index (χ3n) is 2.97. The molecule has 0 saturated heterocycles. The zero-order chi connectivity index (χ0) is 17.4. The molecule has 0 aliphatic rings. The molecular formula is C18H15BrN2O3. The van der Waals surface area contributed by atoms with E-state index in [0.29, 0.717) is 22.6 Å². The predicted octanol–water partition coefficient (Wildman–Crippen LogP) is 3.23. The fourth-order valence-electron chi connectivity index (χ4n) is 1.92. The van der Waals surface area contributed by atoms with E-state index in [1.165, 1.54) is 13.3 Å². The van der Waals surface area contributed by atoms with Gasteiger partial charge < -0.3 is 9.47 Å². The molecule has 122 valence electrons. The zero-order valence-electron chi connectivity index (χ0n) is 13.0. The van der Waals surface area contributed by atoms with Crippen LogP contribution in [0.4, 0.5) is 0 Å². The number of carbonyl (C=O) groups is 1. The van der Waals surface area contributed by atoms with Crippen molar-refractivity contribution in [1.82, 2.24) is 5.43 Å². The Labute approximate surface area is 148 Å². The van der Waals surface area contributed by atoms with Crippen molar-refractivity contribution in [2.45, 2.75) is 0 Å². The van der Waals surface area contributed by atoms with Gasteiger partial charge in [-0.25, -0.2) is 5.43 Å². The van der Waals surface area contributed by atoms with Crippen LogP contribution in [0, 0.1) is 12.3 Å². The highest BCUT2D eigenvalue weighted by atomic mass is 79.9. The maximum Gasteiger partial charge on any atom is 0.271 e. The molecule has 0 radical (unpaired) electrons. The minimum absolute atomic E-state index is 0.0925. The molecule has 0 aliphatic carbocycles. The first-order valence-corrected chi connectivity index (χ1v) is 7.77. The van der Waals surface area contributed by atoms with Crippen molar-refractivity contribution < 1.29 is 14.3 Å². The second kappa shape index (κ2) is 8.75. The number of rotatable bonds is 6. The SMILES string of the molecule is C#CCOc1c(C=NNC(=O)c2ccccc2)cc(Br)cc1OC. The average molecular weight is 387 g/mol. The number of hydrogen-bond donors (Lipinski definition) is 1. The lowest BCUT2D eigenvalue weighted by molar-refractivity contribution is 0.0955. The molecule has 0 atom stereocenters. The maximum absolute atomic E-state index is 12.0. The van der Waals surface area contributed by atoms with E-state index in [1.54, 1.807) is 36.4 Å². The lowest BCUT2D eigenvalue weighted by Crippen LogP contribution is -2.17. The summed E-state index contributed by atoms with van der Waals surface area (Å²) in [4.78, 5) is 12.0. The summed E-state index contributed by atoms with van der Waals surface area (Å²) in [6.45, 7) is 0.0925. The molecule has 0 fully saturated rings. The minimum atomic E-state index is -0.306. The van der Waals surface area contributed by atoms with E-state index in [-0.39, 0.29) is 12.5 Å². The molecule has 1 amide bonds. The molecule has 2 rings (SSSR count). The molecule has 5 nitrogen and oxygen atoms in total. The van der Waals surface area contributed by atoms with Crippen molar-refractivity contribution in [2.24, 2.45) is 5.10 Å². The summed E-state index contributed by atoms with van der Waals surface area (Å²) in [5, 5.41) is 3.97. The monoisotopic (exact) mass is 386 g/mol. The normalized spacial score (nSPS) is 10.2. The molecule has 0 spiro atoms. The van der Waals surface area contributed by atoms with E-state index >= 15 is 0 Å². The highest BCUT2D eigenvalue weighted by molar-refractivity contribution is 9.10. The summed E-state index contributed by atoms with van der Waals surface area (Å²) >= 11 is 3.39. The topological polar surface area (TPSA) is 59.9 Å². The maximum atomic E-state index is 12.0. The number of amides is 1. The van der Waals surface area contributed by atoms with Gasteiger partial charge in [0.15, 0.2) is 11.5 Å². The molecule has 0 aliphatic heterocycles. The average Bonchev–Trinajstić information content (AvgIpc) is 2.61. The molecule has 2 aromatic carbocycles. The van der Waals surface area contributed by atoms with Gasteiger partial charge in [-0.2, -0.15) is 5.10 Å². The zero-order valence-corrected chi connectivity index (χ0v) is 14.5. The van der Waals surface area contributed by atoms with Crippen molar-refractivity contribution in [3.05, 3.63) is 58.1 Å². The van der Waals surface area contributed by atoms with Crippen LogP contribution in [0.25, 0.3) is 0 Å². The molecule has 0 bridgehead atoms. The first kappa shape index (κ1) is 17.6. The number of terminal acetylenes is 1. The van der Waals surface area contributed by atoms with E-state index in [9.17, 15) is 4.79 Å². The van der Waals surface area contributed by atoms with Crippen LogP contribution >= 0.6 is 15.9 Å². The lowest BCUT2D eigenvalue weighted by atomic mass is 10.2. The summed E-state index contributed by atoms with van der Waals surface area (Å²) in [6, 6.07) is 12.3. The fourth-order valence-corrected chi connectivity index (χ4v) is 2.37. The Morgan fingerprint density at radius 1 is 1.38 bits per heavy atom. The number of hydrogen-bond acceptors (Lipinski definition) is 4. The van der Waals surface area contributed by atoms with Crippen LogP contribution in [0.1, 0.15) is 15.9 Å². The molecule has 6 heteroatoms. The Morgan fingerprint density at radius 2 is 2.12 bits per heavy atom. The van der Waals surface area contributed by atoms with Crippen LogP contribution in [0.5, 0.6) is 11.5 Å². The van der Waals surface area contributed by atoms with Gasteiger partial charge in [0.1, 0.15) is 6.61 Å². The molecule has 0 aromatic heterocycles. The Bertz CT molecular complexity index is 783. The Kier molecular flexibility index (Phi) is 6.41. The highest BCUT2D eigenvalue weighted by Crippen LogP contribution is 2.33. The van der Waals surface area contributed by atoms with Gasteiger partial charge in [0.2, 0.25) is 0 Å². The van der Waals surface area contributed by atoms with Crippen LogP contribution < -0.4 is 14.9 Å². The van der Waals surface area contributed by atoms with Gasteiger partial charge in [0, 0.05) is 15.6 Å². The summed E-state index contributed by atoms with van der Waals surface area (Å²) in [5.41, 5.74) is 3.60. The first-order chi connectivity index (χ1) is 11.7. The minimum Gasteiger partial charge on any atom is -0.493 e. The van der Waals surface area contributed by atoms with Crippen LogP contribution in [-0.4, -0.2) is 25.8 Å². The van der Waals surface area contributed by atoms with Crippen LogP contribution in [0.3, 0.4) is 0 Å². The van der Waals surface area contributed by atoms with Crippen molar-refractivity contribution in [2.75, 3.05) is 13.7 Å². The molecule has 0 heterocycles. The Hall–Kier alpha value is -2.78. The fraction of sp³-hybridized carbons (Fsp3) is 0.111. The van der Waals surface area contributed by atoms with E-state index in [0.717, 1.165) is 4.47 Å². The van der Waals surface area contributed by atoms with Gasteiger partial charge in [-0.3, -0.25) is 4.79 Å². The van der Waals surface area contributed by atoms with E-state index in [1.807, 2.05) is 6.07 Å². The lowest BCUT2D eigenvalue weighted by Gasteiger charge is -2.12. The summed E-state index contributed by atoms with van der Waals surface area (Å²) in [6.07, 6.45) is 6.71. The van der Waals surface area contributed by atoms with Crippen molar-refractivity contribution in [3.8, 4) is 23.8 Å². The quantitative estimate of drug-likeness (QED) is 0.470. The van der Waals surface area contributed by atoms with Gasteiger partial charge in [-0.15, -0.1) is 6.42 Å². The molecule has 1 N–H and O–H groups in total. The summed E-state index contributed by atoms with van der Waals surface area (Å²) < 4.78 is 11.6. The number of benzene rings is 2. The largest absolute Gasteiger partial charge is 0.493 e. The summed E-state index contributed by atoms with van der Waals surface area (Å²) in [5.74, 6) is 3.06. The van der Waals surface area contributed by atoms with Gasteiger partial charge in [-0.05, 0) is 24.3 Å². The predicted molar refractivity (Wildman–Crippen MR) is 96.5 cm³/mol. The van der Waals surface area contributed by atoms with Crippen LogP contribution in [0.2, 0.25) is 0 Å². The van der Waals surface area contributed by atoms with Crippen LogP contribution in [-0.2, 0) is 0 Å². The number of ether oxygens (including phenoxy) is 2. The third-order valence-corrected chi connectivity index (χ3v) is 3.43. The van der Waals surface area contributed by atoms with E-state index in [2.05, 4.69) is 32.4 Å². The van der Waals surface area contributed by atoms with Gasteiger partial charge in [0.25, 0.3) is 5.91 Å². The van der Waals surface area contributed by atoms with E-state index < -0.39 is 0 Å². The first-order valence-electron chi connectivity index (χ1n) is 6.98. The Balaban J connectivity index is 2.20. The molecule has 2 aromatic rings. The van der Waals surface area contributed by atoms with Crippen molar-refractivity contribution >= 4 is 28.1 Å². The second-order valence-corrected chi connectivity index (χ2v) is 5.50. The number of carbonyl (C=O) groups excluding carboxylic acids is 1. The van der Waals surface area contributed by atoms with Crippen LogP contribution in [0.15, 0.2) is 52.0 Å². The van der Waals surface area contributed by atoms with Gasteiger partial charge in [0.05, 0.1) is 13.3 Å². The third kappa shape index (κ3) is 4.61. The highest BCUT2D eigenvalue weighted by Gasteiger charge is 2.11. The van der Waals surface area contributed by atoms with Crippen molar-refractivity contribution in [1.29, 1.82) is 0 Å². The standard InChI is InChI=1S/C18H15BrN2O3/c1-3-9-24-17-14(10-15(19)11-16(17)23-2)12-20-21-18(22)13-7-5-4-6-8-13/h1,4-8,10-12H,9H2,2H3,(H,21,22). The number of methoxy groups -OCH3 is 1. The van der Waals surface area contributed by atoms with E-state index in [4.69, 9.17) is 15.9 Å². The molecule has 0 saturated carbocycles. The van der Waals surface area contributed by atoms with Crippen molar-refractivity contribution in [3.63, 3.8) is 0 Å². The van der Waals surface area contributed by atoms with Gasteiger partial charge in [-0.1, -0.05) is 40.0 Å². The number of nitrogens with one attached hydrogen (secondary N) is 1. The number of hydrazone groups is 1. The molecular weight excluding hydrogens is 372 g/mol. The van der Waals surface area contributed by atoms with Gasteiger partial charge >= 0.3 is 0 Å². The number of halogens is 1. The number of nitrogens with zero attached hydrogens (tertiary/aromatic N) is 1. The smallest absolute Gasteiger partial charge is 0.271 e. The molecule has 24 heavy (non-hydrogen) atoms. The second-order valence-electron chi connectivity index (χ2n) is 4.58. The molecule has 0 unspecified atom stereocenters.